The van der Waals surface area contributed by atoms with Crippen molar-refractivity contribution in [3.63, 3.8) is 0 Å². The second-order valence-electron chi connectivity index (χ2n) is 7.58. The number of carbonyl (C=O) groups is 1. The predicted octanol–water partition coefficient (Wildman–Crippen LogP) is 5.87. The van der Waals surface area contributed by atoms with Crippen molar-refractivity contribution in [2.75, 3.05) is 19.0 Å². The molecule has 3 aromatic carbocycles. The van der Waals surface area contributed by atoms with Gasteiger partial charge in [-0.3, -0.25) is 0 Å². The van der Waals surface area contributed by atoms with Crippen LogP contribution in [0.1, 0.15) is 24.8 Å². The van der Waals surface area contributed by atoms with Crippen LogP contribution in [0.25, 0.3) is 22.2 Å². The Bertz CT molecular complexity index is 1220. The van der Waals surface area contributed by atoms with Crippen molar-refractivity contribution < 1.29 is 13.9 Å². The summed E-state index contributed by atoms with van der Waals surface area (Å²) < 4.78 is 11.4. The molecule has 4 aromatic rings. The maximum Gasteiger partial charge on any atom is 0.322 e. The van der Waals surface area contributed by atoms with E-state index >= 15 is 0 Å². The van der Waals surface area contributed by atoms with Gasteiger partial charge in [-0.25, -0.2) is 9.78 Å². The Morgan fingerprint density at radius 2 is 1.87 bits per heavy atom. The van der Waals surface area contributed by atoms with Crippen LogP contribution in [0.5, 0.6) is 5.75 Å². The first-order valence-electron chi connectivity index (χ1n) is 10.4. The van der Waals surface area contributed by atoms with Gasteiger partial charge in [-0.2, -0.15) is 0 Å². The number of fused-ring (bicyclic) bond motifs is 1. The zero-order valence-electron chi connectivity index (χ0n) is 17.2. The second kappa shape index (κ2) is 8.14. The first-order valence-corrected chi connectivity index (χ1v) is 10.4. The maximum atomic E-state index is 13.0. The average molecular weight is 413 g/mol. The molecule has 2 amide bonds. The minimum absolute atomic E-state index is 0.181. The standard InChI is InChI=1S/C25H23N3O3/c1-30-22-12-6-5-10-19(22)27-25(29)28-15-7-11-21(28)24-26-20-16-18(13-14-23(20)31-24)17-8-3-2-4-9-17/h2-6,8-10,12-14,16,21H,7,11,15H2,1H3,(H,27,29)/t21-/m0/s1. The van der Waals surface area contributed by atoms with Crippen molar-refractivity contribution in [2.45, 2.75) is 18.9 Å². The Morgan fingerprint density at radius 3 is 2.71 bits per heavy atom. The number of likely N-dealkylation sites (tertiary alicyclic amines) is 1. The minimum atomic E-state index is -0.192. The van der Waals surface area contributed by atoms with E-state index in [1.165, 1.54) is 0 Å². The number of hydrogen-bond donors (Lipinski definition) is 1. The van der Waals surface area contributed by atoms with Crippen LogP contribution in [-0.4, -0.2) is 29.6 Å². The molecule has 0 radical (unpaired) electrons. The summed E-state index contributed by atoms with van der Waals surface area (Å²) in [7, 11) is 1.59. The van der Waals surface area contributed by atoms with Crippen LogP contribution in [0.15, 0.2) is 77.2 Å². The lowest BCUT2D eigenvalue weighted by Crippen LogP contribution is -2.34. The van der Waals surface area contributed by atoms with Crippen molar-refractivity contribution >= 4 is 22.8 Å². The third-order valence-corrected chi connectivity index (χ3v) is 5.66. The highest BCUT2D eigenvalue weighted by molar-refractivity contribution is 5.91. The molecule has 0 unspecified atom stereocenters. The largest absolute Gasteiger partial charge is 0.495 e. The van der Waals surface area contributed by atoms with E-state index in [0.717, 1.165) is 35.1 Å². The van der Waals surface area contributed by atoms with E-state index in [2.05, 4.69) is 17.4 Å². The summed E-state index contributed by atoms with van der Waals surface area (Å²) in [5, 5.41) is 2.96. The van der Waals surface area contributed by atoms with E-state index in [1.807, 2.05) is 60.7 Å². The molecule has 1 atom stereocenters. The lowest BCUT2D eigenvalue weighted by molar-refractivity contribution is 0.198. The SMILES string of the molecule is COc1ccccc1NC(=O)N1CCC[C@H]1c1nc2cc(-c3ccccc3)ccc2o1. The van der Waals surface area contributed by atoms with Crippen LogP contribution >= 0.6 is 0 Å². The molecule has 0 aliphatic carbocycles. The summed E-state index contributed by atoms with van der Waals surface area (Å²) in [6, 6.07) is 23.2. The zero-order chi connectivity index (χ0) is 21.2. The third-order valence-electron chi connectivity index (χ3n) is 5.66. The van der Waals surface area contributed by atoms with Crippen LogP contribution < -0.4 is 10.1 Å². The van der Waals surface area contributed by atoms with E-state index in [-0.39, 0.29) is 12.1 Å². The Kier molecular flexibility index (Phi) is 5.04. The number of amides is 2. The molecule has 1 aromatic heterocycles. The van der Waals surface area contributed by atoms with Gasteiger partial charge in [0.1, 0.15) is 17.3 Å². The fourth-order valence-corrected chi connectivity index (χ4v) is 4.10. The van der Waals surface area contributed by atoms with Crippen LogP contribution in [0.4, 0.5) is 10.5 Å². The Labute approximate surface area is 180 Å². The molecule has 1 N–H and O–H groups in total. The number of para-hydroxylation sites is 2. The second-order valence-corrected chi connectivity index (χ2v) is 7.58. The smallest absolute Gasteiger partial charge is 0.322 e. The first-order chi connectivity index (χ1) is 15.2. The molecule has 6 nitrogen and oxygen atoms in total. The highest BCUT2D eigenvalue weighted by Crippen LogP contribution is 2.35. The van der Waals surface area contributed by atoms with Gasteiger partial charge >= 0.3 is 6.03 Å². The van der Waals surface area contributed by atoms with Gasteiger partial charge in [-0.1, -0.05) is 48.5 Å². The number of anilines is 1. The molecule has 1 fully saturated rings. The average Bonchev–Trinajstić information content (AvgIpc) is 3.46. The van der Waals surface area contributed by atoms with Crippen LogP contribution in [-0.2, 0) is 0 Å². The van der Waals surface area contributed by atoms with E-state index in [4.69, 9.17) is 14.1 Å². The number of nitrogens with zero attached hydrogens (tertiary/aromatic N) is 2. The van der Waals surface area contributed by atoms with E-state index < -0.39 is 0 Å². The monoisotopic (exact) mass is 413 g/mol. The van der Waals surface area contributed by atoms with Gasteiger partial charge in [-0.15, -0.1) is 0 Å². The Morgan fingerprint density at radius 1 is 1.06 bits per heavy atom. The number of oxazole rings is 1. The Hall–Kier alpha value is -3.80. The normalized spacial score (nSPS) is 15.9. The highest BCUT2D eigenvalue weighted by Gasteiger charge is 2.34. The van der Waals surface area contributed by atoms with Gasteiger partial charge in [0.2, 0.25) is 5.89 Å². The number of urea groups is 1. The van der Waals surface area contributed by atoms with Crippen molar-refractivity contribution in [2.24, 2.45) is 0 Å². The topological polar surface area (TPSA) is 67.6 Å². The predicted molar refractivity (Wildman–Crippen MR) is 120 cm³/mol. The number of aromatic nitrogens is 1. The van der Waals surface area contributed by atoms with Gasteiger partial charge in [0.05, 0.1) is 12.8 Å². The molecular weight excluding hydrogens is 390 g/mol. The molecule has 31 heavy (non-hydrogen) atoms. The number of carbonyl (C=O) groups excluding carboxylic acids is 1. The van der Waals surface area contributed by atoms with Gasteiger partial charge in [0.15, 0.2) is 5.58 Å². The summed E-state index contributed by atoms with van der Waals surface area (Å²) >= 11 is 0. The number of nitrogens with one attached hydrogen (secondary N) is 1. The van der Waals surface area contributed by atoms with Gasteiger partial charge < -0.3 is 19.4 Å². The Balaban J connectivity index is 1.40. The van der Waals surface area contributed by atoms with Crippen LogP contribution in [0.2, 0.25) is 0 Å². The number of benzene rings is 3. The van der Waals surface area contributed by atoms with E-state index in [0.29, 0.717) is 23.9 Å². The highest BCUT2D eigenvalue weighted by atomic mass is 16.5. The quantitative estimate of drug-likeness (QED) is 0.454. The first kappa shape index (κ1) is 19.2. The molecule has 1 aliphatic rings. The summed E-state index contributed by atoms with van der Waals surface area (Å²) in [4.78, 5) is 19.5. The minimum Gasteiger partial charge on any atom is -0.495 e. The lowest BCUT2D eigenvalue weighted by Gasteiger charge is -2.23. The molecule has 2 heterocycles. The lowest BCUT2D eigenvalue weighted by atomic mass is 10.1. The molecule has 1 aliphatic heterocycles. The van der Waals surface area contributed by atoms with Crippen LogP contribution in [0, 0.1) is 0 Å². The molecule has 6 heteroatoms. The zero-order valence-corrected chi connectivity index (χ0v) is 17.2. The summed E-state index contributed by atoms with van der Waals surface area (Å²) in [6.45, 7) is 0.652. The molecule has 1 saturated heterocycles. The van der Waals surface area contributed by atoms with Gasteiger partial charge in [-0.05, 0) is 48.2 Å². The summed E-state index contributed by atoms with van der Waals surface area (Å²) in [5.74, 6) is 1.20. The van der Waals surface area contributed by atoms with Crippen molar-refractivity contribution in [1.29, 1.82) is 0 Å². The molecule has 0 bridgehead atoms. The molecule has 156 valence electrons. The van der Waals surface area contributed by atoms with Gasteiger partial charge in [0.25, 0.3) is 0 Å². The van der Waals surface area contributed by atoms with E-state index in [9.17, 15) is 4.79 Å². The maximum absolute atomic E-state index is 13.0. The van der Waals surface area contributed by atoms with E-state index in [1.54, 1.807) is 12.0 Å². The van der Waals surface area contributed by atoms with Crippen molar-refractivity contribution in [3.05, 3.63) is 78.7 Å². The molecule has 0 saturated carbocycles. The number of hydrogen-bond acceptors (Lipinski definition) is 4. The number of rotatable bonds is 4. The fraction of sp³-hybridized carbons (Fsp3) is 0.200. The summed E-state index contributed by atoms with van der Waals surface area (Å²) in [5.41, 5.74) is 4.39. The summed E-state index contributed by atoms with van der Waals surface area (Å²) in [6.07, 6.45) is 1.72. The van der Waals surface area contributed by atoms with Crippen LogP contribution in [0.3, 0.4) is 0 Å². The van der Waals surface area contributed by atoms with Crippen molar-refractivity contribution in [3.8, 4) is 16.9 Å². The number of ether oxygens (including phenoxy) is 1. The number of methoxy groups -OCH3 is 1. The van der Waals surface area contributed by atoms with Gasteiger partial charge in [0, 0.05) is 6.54 Å². The van der Waals surface area contributed by atoms with Crippen molar-refractivity contribution in [1.82, 2.24) is 9.88 Å². The molecule has 0 spiro atoms. The molecular formula is C25H23N3O3. The fourth-order valence-electron chi connectivity index (χ4n) is 4.10. The molecule has 5 rings (SSSR count). The third kappa shape index (κ3) is 3.72.